The summed E-state index contributed by atoms with van der Waals surface area (Å²) in [6, 6.07) is 9.00. The Morgan fingerprint density at radius 3 is 2.50 bits per heavy atom. The Balaban J connectivity index is 2.10. The van der Waals surface area contributed by atoms with Gasteiger partial charge in [-0.05, 0) is 32.0 Å². The van der Waals surface area contributed by atoms with Crippen LogP contribution in [0.3, 0.4) is 0 Å². The molecule has 0 saturated heterocycles. The van der Waals surface area contributed by atoms with Crippen LogP contribution >= 0.6 is 0 Å². The van der Waals surface area contributed by atoms with Gasteiger partial charge in [-0.25, -0.2) is 4.79 Å². The smallest absolute Gasteiger partial charge is 0.344 e. The first-order valence-corrected chi connectivity index (χ1v) is 7.71. The summed E-state index contributed by atoms with van der Waals surface area (Å²) in [5.74, 6) is -0.258. The predicted molar refractivity (Wildman–Crippen MR) is 86.4 cm³/mol. The average Bonchev–Trinajstić information content (AvgIpc) is 3.02. The number of aromatic nitrogens is 2. The summed E-state index contributed by atoms with van der Waals surface area (Å²) in [4.78, 5) is 22.9. The topological polar surface area (TPSA) is 79.7 Å². The standard InChI is InChI=1S/C17H20N2O5/c1-3-22-16(20)11-19-10-9-14(18-19)13-7-5-6-8-15(13)24-12-17(21)23-4-2/h5-10H,3-4,11-12H2,1-2H3. The Morgan fingerprint density at radius 2 is 1.75 bits per heavy atom. The van der Waals surface area contributed by atoms with Crippen molar-refractivity contribution in [2.45, 2.75) is 20.4 Å². The summed E-state index contributed by atoms with van der Waals surface area (Å²) in [5, 5.41) is 4.35. The molecule has 1 aromatic heterocycles. The van der Waals surface area contributed by atoms with Crippen LogP contribution in [0.4, 0.5) is 0 Å². The van der Waals surface area contributed by atoms with Crippen LogP contribution in [0.25, 0.3) is 11.3 Å². The summed E-state index contributed by atoms with van der Waals surface area (Å²) >= 11 is 0. The quantitative estimate of drug-likeness (QED) is 0.688. The zero-order valence-corrected chi connectivity index (χ0v) is 13.7. The molecule has 1 aromatic carbocycles. The maximum atomic E-state index is 11.5. The van der Waals surface area contributed by atoms with Crippen molar-refractivity contribution in [1.82, 2.24) is 9.78 Å². The monoisotopic (exact) mass is 332 g/mol. The van der Waals surface area contributed by atoms with E-state index in [1.807, 2.05) is 12.1 Å². The molecule has 0 atom stereocenters. The third kappa shape index (κ3) is 4.84. The summed E-state index contributed by atoms with van der Waals surface area (Å²) in [5.41, 5.74) is 1.36. The lowest BCUT2D eigenvalue weighted by atomic mass is 10.1. The molecule has 0 aliphatic rings. The minimum absolute atomic E-state index is 0.0414. The highest BCUT2D eigenvalue weighted by molar-refractivity contribution is 5.73. The van der Waals surface area contributed by atoms with Crippen molar-refractivity contribution in [2.24, 2.45) is 0 Å². The van der Waals surface area contributed by atoms with Crippen LogP contribution in [0, 0.1) is 0 Å². The molecule has 24 heavy (non-hydrogen) atoms. The van der Waals surface area contributed by atoms with Gasteiger partial charge >= 0.3 is 11.9 Å². The molecule has 0 saturated carbocycles. The van der Waals surface area contributed by atoms with Crippen molar-refractivity contribution in [3.8, 4) is 17.0 Å². The van der Waals surface area contributed by atoms with E-state index in [0.717, 1.165) is 5.56 Å². The molecule has 7 heteroatoms. The van der Waals surface area contributed by atoms with E-state index in [-0.39, 0.29) is 19.1 Å². The number of carbonyl (C=O) groups excluding carboxylic acids is 2. The van der Waals surface area contributed by atoms with Gasteiger partial charge in [0.05, 0.1) is 18.9 Å². The van der Waals surface area contributed by atoms with E-state index in [1.54, 1.807) is 38.2 Å². The molecule has 2 rings (SSSR count). The Kier molecular flexibility index (Phi) is 6.36. The first-order valence-electron chi connectivity index (χ1n) is 7.71. The average molecular weight is 332 g/mol. The number of nitrogens with zero attached hydrogens (tertiary/aromatic N) is 2. The SMILES string of the molecule is CCOC(=O)COc1ccccc1-c1ccn(CC(=O)OCC)n1. The van der Waals surface area contributed by atoms with Gasteiger partial charge < -0.3 is 14.2 Å². The molecule has 0 amide bonds. The van der Waals surface area contributed by atoms with Gasteiger partial charge in [-0.2, -0.15) is 5.10 Å². The lowest BCUT2D eigenvalue weighted by molar-refractivity contribution is -0.145. The summed E-state index contributed by atoms with van der Waals surface area (Å²) in [6.45, 7) is 4.00. The zero-order valence-electron chi connectivity index (χ0n) is 13.7. The number of esters is 2. The molecule has 0 aliphatic heterocycles. The van der Waals surface area contributed by atoms with Crippen molar-refractivity contribution in [3.05, 3.63) is 36.5 Å². The first kappa shape index (κ1) is 17.5. The van der Waals surface area contributed by atoms with Gasteiger partial charge in [0.25, 0.3) is 0 Å². The molecule has 7 nitrogen and oxygen atoms in total. The zero-order chi connectivity index (χ0) is 17.4. The molecule has 0 N–H and O–H groups in total. The Bertz CT molecular complexity index is 696. The lowest BCUT2D eigenvalue weighted by Gasteiger charge is -2.09. The molecule has 0 unspecified atom stereocenters. The van der Waals surface area contributed by atoms with Crippen molar-refractivity contribution < 1.29 is 23.8 Å². The van der Waals surface area contributed by atoms with Crippen LogP contribution in [0.2, 0.25) is 0 Å². The van der Waals surface area contributed by atoms with Crippen LogP contribution in [0.1, 0.15) is 13.8 Å². The lowest BCUT2D eigenvalue weighted by Crippen LogP contribution is -2.15. The van der Waals surface area contributed by atoms with E-state index in [4.69, 9.17) is 14.2 Å². The van der Waals surface area contributed by atoms with E-state index in [0.29, 0.717) is 24.7 Å². The van der Waals surface area contributed by atoms with Crippen molar-refractivity contribution in [2.75, 3.05) is 19.8 Å². The maximum Gasteiger partial charge on any atom is 0.344 e. The number of carbonyl (C=O) groups is 2. The number of para-hydroxylation sites is 1. The van der Waals surface area contributed by atoms with Crippen LogP contribution in [-0.2, 0) is 25.6 Å². The van der Waals surface area contributed by atoms with E-state index in [9.17, 15) is 9.59 Å². The summed E-state index contributed by atoms with van der Waals surface area (Å²) < 4.78 is 16.8. The molecule has 1 heterocycles. The summed E-state index contributed by atoms with van der Waals surface area (Å²) in [7, 11) is 0. The Labute approximate surface area is 140 Å². The van der Waals surface area contributed by atoms with E-state index >= 15 is 0 Å². The molecular weight excluding hydrogens is 312 g/mol. The molecule has 0 radical (unpaired) electrons. The molecule has 0 aliphatic carbocycles. The molecule has 128 valence electrons. The van der Waals surface area contributed by atoms with Crippen molar-refractivity contribution >= 4 is 11.9 Å². The van der Waals surface area contributed by atoms with Crippen LogP contribution in [0.5, 0.6) is 5.75 Å². The van der Waals surface area contributed by atoms with Gasteiger partial charge in [0.2, 0.25) is 0 Å². The normalized spacial score (nSPS) is 10.2. The van der Waals surface area contributed by atoms with Crippen LogP contribution in [-0.4, -0.2) is 41.5 Å². The van der Waals surface area contributed by atoms with Gasteiger partial charge in [0.15, 0.2) is 6.61 Å². The van der Waals surface area contributed by atoms with E-state index < -0.39 is 5.97 Å². The molecule has 2 aromatic rings. The second kappa shape index (κ2) is 8.71. The number of rotatable bonds is 8. The minimum atomic E-state index is -0.430. The van der Waals surface area contributed by atoms with E-state index in [2.05, 4.69) is 5.10 Å². The number of hydrogen-bond donors (Lipinski definition) is 0. The number of hydrogen-bond acceptors (Lipinski definition) is 6. The predicted octanol–water partition coefficient (Wildman–Crippen LogP) is 2.06. The molecule has 0 spiro atoms. The third-order valence-electron chi connectivity index (χ3n) is 3.05. The second-order valence-corrected chi connectivity index (χ2v) is 4.79. The Morgan fingerprint density at radius 1 is 1.04 bits per heavy atom. The third-order valence-corrected chi connectivity index (χ3v) is 3.05. The Hall–Kier alpha value is -2.83. The highest BCUT2D eigenvalue weighted by Gasteiger charge is 2.12. The fourth-order valence-electron chi connectivity index (χ4n) is 2.08. The molecule has 0 fully saturated rings. The largest absolute Gasteiger partial charge is 0.481 e. The maximum absolute atomic E-state index is 11.5. The fraction of sp³-hybridized carbons (Fsp3) is 0.353. The van der Waals surface area contributed by atoms with Gasteiger partial charge in [-0.15, -0.1) is 0 Å². The van der Waals surface area contributed by atoms with Crippen molar-refractivity contribution in [1.29, 1.82) is 0 Å². The van der Waals surface area contributed by atoms with Gasteiger partial charge in [0.1, 0.15) is 12.3 Å². The fourth-order valence-corrected chi connectivity index (χ4v) is 2.08. The number of benzene rings is 1. The van der Waals surface area contributed by atoms with Crippen LogP contribution < -0.4 is 4.74 Å². The molecule has 0 bridgehead atoms. The second-order valence-electron chi connectivity index (χ2n) is 4.79. The van der Waals surface area contributed by atoms with Gasteiger partial charge in [0, 0.05) is 11.8 Å². The summed E-state index contributed by atoms with van der Waals surface area (Å²) in [6.07, 6.45) is 1.69. The first-order chi connectivity index (χ1) is 11.6. The molecular formula is C17H20N2O5. The minimum Gasteiger partial charge on any atom is -0.481 e. The van der Waals surface area contributed by atoms with E-state index in [1.165, 1.54) is 4.68 Å². The van der Waals surface area contributed by atoms with Crippen LogP contribution in [0.15, 0.2) is 36.5 Å². The van der Waals surface area contributed by atoms with Crippen molar-refractivity contribution in [3.63, 3.8) is 0 Å². The van der Waals surface area contributed by atoms with Gasteiger partial charge in [-0.3, -0.25) is 9.48 Å². The highest BCUT2D eigenvalue weighted by Crippen LogP contribution is 2.28. The number of ether oxygens (including phenoxy) is 3. The van der Waals surface area contributed by atoms with Gasteiger partial charge in [-0.1, -0.05) is 12.1 Å². The highest BCUT2D eigenvalue weighted by atomic mass is 16.6.